The first-order valence-corrected chi connectivity index (χ1v) is 10.2. The predicted molar refractivity (Wildman–Crippen MR) is 115 cm³/mol. The Morgan fingerprint density at radius 1 is 1.03 bits per heavy atom. The van der Waals surface area contributed by atoms with E-state index >= 15 is 0 Å². The summed E-state index contributed by atoms with van der Waals surface area (Å²) in [5.74, 6) is 3.12. The fourth-order valence-corrected chi connectivity index (χ4v) is 3.68. The van der Waals surface area contributed by atoms with Crippen LogP contribution in [-0.2, 0) is 6.54 Å². The molecule has 30 heavy (non-hydrogen) atoms. The second-order valence-electron chi connectivity index (χ2n) is 7.91. The van der Waals surface area contributed by atoms with Gasteiger partial charge < -0.3 is 5.32 Å². The minimum atomic E-state index is 0.700. The molecular formula is C22H24N8. The Kier molecular flexibility index (Phi) is 4.54. The summed E-state index contributed by atoms with van der Waals surface area (Å²) in [5, 5.41) is 12.9. The molecule has 0 atom stereocenters. The first-order chi connectivity index (χ1) is 14.6. The number of pyridine rings is 1. The van der Waals surface area contributed by atoms with Crippen LogP contribution in [0.2, 0.25) is 0 Å². The minimum Gasteiger partial charge on any atom is -0.325 e. The van der Waals surface area contributed by atoms with E-state index in [1.54, 1.807) is 18.7 Å². The van der Waals surface area contributed by atoms with Crippen LogP contribution in [0.3, 0.4) is 0 Å². The molecule has 8 nitrogen and oxygen atoms in total. The van der Waals surface area contributed by atoms with Gasteiger partial charge in [-0.2, -0.15) is 10.2 Å². The summed E-state index contributed by atoms with van der Waals surface area (Å²) >= 11 is 0. The third-order valence-electron chi connectivity index (χ3n) is 5.40. The van der Waals surface area contributed by atoms with Gasteiger partial charge in [-0.1, -0.05) is 0 Å². The smallest absolute Gasteiger partial charge is 0.159 e. The number of hydrogen-bond donors (Lipinski definition) is 1. The number of nitrogens with zero attached hydrogens (tertiary/aromatic N) is 7. The Morgan fingerprint density at radius 2 is 1.83 bits per heavy atom. The molecule has 1 aliphatic rings. The molecule has 1 aliphatic carbocycles. The van der Waals surface area contributed by atoms with Crippen LogP contribution in [-0.4, -0.2) is 34.5 Å². The quantitative estimate of drug-likeness (QED) is 0.526. The van der Waals surface area contributed by atoms with E-state index in [1.807, 2.05) is 42.8 Å². The van der Waals surface area contributed by atoms with Crippen molar-refractivity contribution in [3.63, 3.8) is 0 Å². The Hall–Kier alpha value is -3.55. The van der Waals surface area contributed by atoms with Crippen LogP contribution in [0.5, 0.6) is 0 Å². The number of anilines is 2. The molecule has 0 amide bonds. The average molecular weight is 400 g/mol. The summed E-state index contributed by atoms with van der Waals surface area (Å²) in [4.78, 5) is 13.0. The summed E-state index contributed by atoms with van der Waals surface area (Å²) in [6.07, 6.45) is 7.69. The summed E-state index contributed by atoms with van der Waals surface area (Å²) in [7, 11) is 0. The number of aromatic nitrogens is 7. The molecule has 0 bridgehead atoms. The lowest BCUT2D eigenvalue weighted by Gasteiger charge is -2.11. The molecule has 5 rings (SSSR count). The van der Waals surface area contributed by atoms with Crippen LogP contribution >= 0.6 is 0 Å². The van der Waals surface area contributed by atoms with Crippen molar-refractivity contribution in [2.75, 3.05) is 5.32 Å². The van der Waals surface area contributed by atoms with Crippen molar-refractivity contribution < 1.29 is 0 Å². The molecular weight excluding hydrogens is 376 g/mol. The van der Waals surface area contributed by atoms with Crippen molar-refractivity contribution >= 4 is 11.6 Å². The van der Waals surface area contributed by atoms with Crippen molar-refractivity contribution in [2.45, 2.75) is 40.2 Å². The fourth-order valence-electron chi connectivity index (χ4n) is 3.68. The second kappa shape index (κ2) is 7.37. The van der Waals surface area contributed by atoms with E-state index in [2.05, 4.69) is 37.0 Å². The van der Waals surface area contributed by atoms with Crippen molar-refractivity contribution in [1.82, 2.24) is 34.5 Å². The maximum absolute atomic E-state index is 4.92. The molecule has 4 heterocycles. The number of nitrogens with one attached hydrogen (secondary N) is 1. The fraction of sp³-hybridized carbons (Fsp3) is 0.318. The second-order valence-corrected chi connectivity index (χ2v) is 7.91. The molecule has 8 heteroatoms. The molecule has 0 saturated heterocycles. The topological polar surface area (TPSA) is 86.3 Å². The van der Waals surface area contributed by atoms with Gasteiger partial charge in [0.15, 0.2) is 5.82 Å². The van der Waals surface area contributed by atoms with E-state index in [-0.39, 0.29) is 0 Å². The van der Waals surface area contributed by atoms with Crippen molar-refractivity contribution in [2.24, 2.45) is 5.92 Å². The summed E-state index contributed by atoms with van der Waals surface area (Å²) in [5.41, 5.74) is 5.11. The normalized spacial score (nSPS) is 13.6. The van der Waals surface area contributed by atoms with Gasteiger partial charge in [-0.15, -0.1) is 0 Å². The maximum atomic E-state index is 4.92. The molecule has 4 aromatic rings. The zero-order chi connectivity index (χ0) is 20.7. The molecule has 0 spiro atoms. The Labute approximate surface area is 175 Å². The first-order valence-electron chi connectivity index (χ1n) is 10.2. The van der Waals surface area contributed by atoms with Gasteiger partial charge in [-0.05, 0) is 57.7 Å². The minimum absolute atomic E-state index is 0.700. The average Bonchev–Trinajstić information content (AvgIpc) is 3.44. The lowest BCUT2D eigenvalue weighted by molar-refractivity contribution is 0.571. The standard InChI is InChI=1S/C22H24N8/c1-14-10-15(2)30(27-14)20-11-19(24-13-25-20)26-22-16(3)21(18-6-8-23-9-7-18)28-29(22)12-17-4-5-17/h6-11,13,17H,4-5,12H2,1-3H3,(H,24,25,26). The van der Waals surface area contributed by atoms with Gasteiger partial charge in [0.25, 0.3) is 0 Å². The zero-order valence-corrected chi connectivity index (χ0v) is 17.4. The largest absolute Gasteiger partial charge is 0.325 e. The van der Waals surface area contributed by atoms with Gasteiger partial charge in [0, 0.05) is 41.8 Å². The lowest BCUT2D eigenvalue weighted by atomic mass is 10.1. The third kappa shape index (κ3) is 3.56. The van der Waals surface area contributed by atoms with Crippen LogP contribution in [0.1, 0.15) is 29.8 Å². The van der Waals surface area contributed by atoms with Crippen molar-refractivity contribution in [3.05, 3.63) is 59.9 Å². The first kappa shape index (κ1) is 18.5. The highest BCUT2D eigenvalue weighted by Crippen LogP contribution is 2.35. The van der Waals surface area contributed by atoms with Crippen LogP contribution in [0.15, 0.2) is 43.0 Å². The highest BCUT2D eigenvalue weighted by atomic mass is 15.4. The molecule has 0 aliphatic heterocycles. The molecule has 1 saturated carbocycles. The van der Waals surface area contributed by atoms with E-state index in [9.17, 15) is 0 Å². The molecule has 4 aromatic heterocycles. The van der Waals surface area contributed by atoms with Gasteiger partial charge in [0.1, 0.15) is 18.0 Å². The SMILES string of the molecule is Cc1cc(C)n(-c2cc(Nc3c(C)c(-c4ccncc4)nn3CC3CC3)ncn2)n1. The summed E-state index contributed by atoms with van der Waals surface area (Å²) in [6.45, 7) is 7.00. The van der Waals surface area contributed by atoms with E-state index in [4.69, 9.17) is 5.10 Å². The molecule has 0 radical (unpaired) electrons. The van der Waals surface area contributed by atoms with Crippen LogP contribution in [0.4, 0.5) is 11.6 Å². The highest BCUT2D eigenvalue weighted by molar-refractivity contribution is 5.71. The van der Waals surface area contributed by atoms with E-state index in [1.165, 1.54) is 12.8 Å². The lowest BCUT2D eigenvalue weighted by Crippen LogP contribution is -2.09. The summed E-state index contributed by atoms with van der Waals surface area (Å²) < 4.78 is 3.91. The molecule has 1 fully saturated rings. The highest BCUT2D eigenvalue weighted by Gasteiger charge is 2.25. The van der Waals surface area contributed by atoms with Crippen LogP contribution < -0.4 is 5.32 Å². The van der Waals surface area contributed by atoms with Crippen LogP contribution in [0, 0.1) is 26.7 Å². The number of hydrogen-bond acceptors (Lipinski definition) is 6. The third-order valence-corrected chi connectivity index (χ3v) is 5.40. The Balaban J connectivity index is 1.52. The van der Waals surface area contributed by atoms with Crippen molar-refractivity contribution in [3.8, 4) is 17.1 Å². The van der Waals surface area contributed by atoms with Crippen molar-refractivity contribution in [1.29, 1.82) is 0 Å². The van der Waals surface area contributed by atoms with Gasteiger partial charge in [-0.25, -0.2) is 19.3 Å². The van der Waals surface area contributed by atoms with Crippen LogP contribution in [0.25, 0.3) is 17.1 Å². The van der Waals surface area contributed by atoms with E-state index in [0.29, 0.717) is 11.7 Å². The zero-order valence-electron chi connectivity index (χ0n) is 17.4. The number of rotatable bonds is 6. The molecule has 0 unspecified atom stereocenters. The van der Waals surface area contributed by atoms with Gasteiger partial charge in [0.2, 0.25) is 0 Å². The molecule has 1 N–H and O–H groups in total. The monoisotopic (exact) mass is 400 g/mol. The van der Waals surface area contributed by atoms with E-state index in [0.717, 1.165) is 46.4 Å². The Bertz CT molecular complexity index is 1190. The summed E-state index contributed by atoms with van der Waals surface area (Å²) in [6, 6.07) is 7.93. The molecule has 152 valence electrons. The predicted octanol–water partition coefficient (Wildman–Crippen LogP) is 4.00. The maximum Gasteiger partial charge on any atom is 0.159 e. The van der Waals surface area contributed by atoms with Gasteiger partial charge >= 0.3 is 0 Å². The number of aryl methyl sites for hydroxylation is 2. The molecule has 0 aromatic carbocycles. The van der Waals surface area contributed by atoms with Gasteiger partial charge in [-0.3, -0.25) is 4.98 Å². The van der Waals surface area contributed by atoms with Gasteiger partial charge in [0.05, 0.1) is 11.4 Å². The van der Waals surface area contributed by atoms with E-state index < -0.39 is 0 Å². The Morgan fingerprint density at radius 3 is 2.53 bits per heavy atom.